The second-order valence-electron chi connectivity index (χ2n) is 3.86. The van der Waals surface area contributed by atoms with Crippen LogP contribution in [0.1, 0.15) is 23.7 Å². The summed E-state index contributed by atoms with van der Waals surface area (Å²) in [6.07, 6.45) is 0.440. The van der Waals surface area contributed by atoms with Crippen LogP contribution in [0.2, 0.25) is 0 Å². The first-order chi connectivity index (χ1) is 8.39. The summed E-state index contributed by atoms with van der Waals surface area (Å²) in [5, 5.41) is 0. The van der Waals surface area contributed by atoms with Gasteiger partial charge in [-0.25, -0.2) is 12.8 Å². The molecule has 0 saturated heterocycles. The minimum atomic E-state index is -3.44. The number of carbonyl (C=O) groups excluding carboxylic acids is 1. The molecule has 6 heteroatoms. The third-order valence-electron chi connectivity index (χ3n) is 2.33. The van der Waals surface area contributed by atoms with Crippen molar-refractivity contribution in [3.8, 4) is 5.75 Å². The van der Waals surface area contributed by atoms with E-state index in [0.717, 1.165) is 12.1 Å². The minimum absolute atomic E-state index is 0.0443. The van der Waals surface area contributed by atoms with E-state index in [9.17, 15) is 17.6 Å². The summed E-state index contributed by atoms with van der Waals surface area (Å²) in [7, 11) is -2.11. The Morgan fingerprint density at radius 3 is 2.61 bits per heavy atom. The van der Waals surface area contributed by atoms with Crippen molar-refractivity contribution in [3.63, 3.8) is 0 Å². The highest BCUT2D eigenvalue weighted by atomic mass is 32.2. The lowest BCUT2D eigenvalue weighted by Gasteiger charge is -2.07. The summed E-state index contributed by atoms with van der Waals surface area (Å²) in [4.78, 5) is 11.8. The molecule has 1 rings (SSSR count). The maximum Gasteiger partial charge on any atom is 0.181 e. The number of Topliss-reactive ketones (excluding diaryl/α,β-unsaturated/α-hetero) is 1. The first-order valence-corrected chi connectivity index (χ1v) is 7.29. The van der Waals surface area contributed by atoms with E-state index in [1.54, 1.807) is 6.92 Å². The summed E-state index contributed by atoms with van der Waals surface area (Å²) >= 11 is 0. The van der Waals surface area contributed by atoms with Crippen LogP contribution in [-0.2, 0) is 9.84 Å². The van der Waals surface area contributed by atoms with Crippen LogP contribution in [0.15, 0.2) is 18.2 Å². The lowest BCUT2D eigenvalue weighted by atomic mass is 10.1. The van der Waals surface area contributed by atoms with Gasteiger partial charge in [0.25, 0.3) is 0 Å². The van der Waals surface area contributed by atoms with Gasteiger partial charge in [-0.15, -0.1) is 0 Å². The predicted molar refractivity (Wildman–Crippen MR) is 66.2 cm³/mol. The van der Waals surface area contributed by atoms with Crippen molar-refractivity contribution in [2.75, 3.05) is 18.6 Å². The topological polar surface area (TPSA) is 60.4 Å². The highest BCUT2D eigenvalue weighted by molar-refractivity contribution is 7.92. The number of sulfone groups is 1. The van der Waals surface area contributed by atoms with Crippen molar-refractivity contribution < 1.29 is 22.3 Å². The van der Waals surface area contributed by atoms with Gasteiger partial charge in [-0.05, 0) is 24.6 Å². The van der Waals surface area contributed by atoms with Crippen molar-refractivity contribution in [2.24, 2.45) is 0 Å². The second kappa shape index (κ2) is 5.95. The summed E-state index contributed by atoms with van der Waals surface area (Å²) in [6.45, 7) is 1.71. The molecule has 0 aromatic heterocycles. The van der Waals surface area contributed by atoms with Crippen LogP contribution in [-0.4, -0.2) is 32.8 Å². The molecule has 0 aliphatic carbocycles. The number of ether oxygens (including phenoxy) is 1. The lowest BCUT2D eigenvalue weighted by molar-refractivity contribution is 0.101. The molecule has 1 aromatic rings. The molecule has 0 fully saturated rings. The third-order valence-corrected chi connectivity index (χ3v) is 4.06. The molecule has 0 saturated carbocycles. The number of rotatable bonds is 6. The summed E-state index contributed by atoms with van der Waals surface area (Å²) in [5.74, 6) is -1.77. The zero-order valence-corrected chi connectivity index (χ0v) is 11.1. The molecule has 0 aliphatic heterocycles. The van der Waals surface area contributed by atoms with Gasteiger partial charge in [-0.3, -0.25) is 4.79 Å². The van der Waals surface area contributed by atoms with Crippen molar-refractivity contribution in [1.29, 1.82) is 0 Å². The molecule has 0 aliphatic rings. The standard InChI is InChI=1S/C12H15FO4S/c1-3-6-18(15,16)8-11(14)10-7-9(13)4-5-12(10)17-2/h4-5,7H,3,6,8H2,1-2H3. The van der Waals surface area contributed by atoms with Crippen LogP contribution in [0, 0.1) is 5.82 Å². The number of carbonyl (C=O) groups is 1. The molecule has 0 N–H and O–H groups in total. The maximum absolute atomic E-state index is 13.1. The van der Waals surface area contributed by atoms with E-state index in [2.05, 4.69) is 0 Å². The molecule has 18 heavy (non-hydrogen) atoms. The van der Waals surface area contributed by atoms with Gasteiger partial charge in [0.1, 0.15) is 17.3 Å². The van der Waals surface area contributed by atoms with Gasteiger partial charge in [0.15, 0.2) is 15.6 Å². The highest BCUT2D eigenvalue weighted by Crippen LogP contribution is 2.20. The van der Waals surface area contributed by atoms with E-state index >= 15 is 0 Å². The fourth-order valence-corrected chi connectivity index (χ4v) is 2.88. The molecule has 0 unspecified atom stereocenters. The average Bonchev–Trinajstić information content (AvgIpc) is 2.28. The number of methoxy groups -OCH3 is 1. The molecule has 0 atom stereocenters. The summed E-state index contributed by atoms with van der Waals surface area (Å²) in [5.41, 5.74) is -0.0443. The Hall–Kier alpha value is -1.43. The minimum Gasteiger partial charge on any atom is -0.496 e. The van der Waals surface area contributed by atoms with Gasteiger partial charge in [-0.2, -0.15) is 0 Å². The van der Waals surface area contributed by atoms with E-state index in [0.29, 0.717) is 6.42 Å². The summed E-state index contributed by atoms with van der Waals surface area (Å²) in [6, 6.07) is 3.44. The van der Waals surface area contributed by atoms with Crippen molar-refractivity contribution in [2.45, 2.75) is 13.3 Å². The van der Waals surface area contributed by atoms with Gasteiger partial charge in [0.05, 0.1) is 18.4 Å². The molecule has 1 aromatic carbocycles. The van der Waals surface area contributed by atoms with Crippen molar-refractivity contribution in [1.82, 2.24) is 0 Å². The van der Waals surface area contributed by atoms with Gasteiger partial charge < -0.3 is 4.74 Å². The van der Waals surface area contributed by atoms with E-state index in [4.69, 9.17) is 4.74 Å². The number of benzene rings is 1. The Labute approximate surface area is 106 Å². The predicted octanol–water partition coefficient (Wildman–Crippen LogP) is 1.84. The average molecular weight is 274 g/mol. The first-order valence-electron chi connectivity index (χ1n) is 5.46. The maximum atomic E-state index is 13.1. The molecule has 0 amide bonds. The largest absolute Gasteiger partial charge is 0.496 e. The second-order valence-corrected chi connectivity index (χ2v) is 6.04. The molecule has 100 valence electrons. The van der Waals surface area contributed by atoms with Crippen LogP contribution in [0.5, 0.6) is 5.75 Å². The zero-order valence-electron chi connectivity index (χ0n) is 10.3. The molecular weight excluding hydrogens is 259 g/mol. The molecule has 4 nitrogen and oxygen atoms in total. The Morgan fingerprint density at radius 1 is 1.39 bits per heavy atom. The summed E-state index contributed by atoms with van der Waals surface area (Å²) < 4.78 is 41.1. The first kappa shape index (κ1) is 14.6. The molecule has 0 heterocycles. The SMILES string of the molecule is CCCS(=O)(=O)CC(=O)c1cc(F)ccc1OC. The molecule has 0 radical (unpaired) electrons. The Kier molecular flexibility index (Phi) is 4.84. The fraction of sp³-hybridized carbons (Fsp3) is 0.417. The normalized spacial score (nSPS) is 11.3. The number of hydrogen-bond acceptors (Lipinski definition) is 4. The van der Waals surface area contributed by atoms with Gasteiger partial charge in [-0.1, -0.05) is 6.92 Å². The monoisotopic (exact) mass is 274 g/mol. The van der Waals surface area contributed by atoms with Crippen molar-refractivity contribution >= 4 is 15.6 Å². The Bertz CT molecular complexity index is 537. The van der Waals surface area contributed by atoms with Gasteiger partial charge in [0.2, 0.25) is 0 Å². The van der Waals surface area contributed by atoms with Gasteiger partial charge >= 0.3 is 0 Å². The van der Waals surface area contributed by atoms with E-state index < -0.39 is 27.2 Å². The van der Waals surface area contributed by atoms with Crippen LogP contribution < -0.4 is 4.74 Å². The smallest absolute Gasteiger partial charge is 0.181 e. The number of ketones is 1. The van der Waals surface area contributed by atoms with E-state index in [1.807, 2.05) is 0 Å². The van der Waals surface area contributed by atoms with Crippen LogP contribution >= 0.6 is 0 Å². The van der Waals surface area contributed by atoms with Gasteiger partial charge in [0, 0.05) is 0 Å². The highest BCUT2D eigenvalue weighted by Gasteiger charge is 2.20. The number of hydrogen-bond donors (Lipinski definition) is 0. The van der Waals surface area contributed by atoms with Crippen molar-refractivity contribution in [3.05, 3.63) is 29.6 Å². The van der Waals surface area contributed by atoms with E-state index in [-0.39, 0.29) is 17.1 Å². The van der Waals surface area contributed by atoms with Crippen LogP contribution in [0.3, 0.4) is 0 Å². The molecule has 0 bridgehead atoms. The third kappa shape index (κ3) is 3.80. The lowest BCUT2D eigenvalue weighted by Crippen LogP contribution is -2.19. The zero-order chi connectivity index (χ0) is 13.8. The van der Waals surface area contributed by atoms with Crippen LogP contribution in [0.25, 0.3) is 0 Å². The Balaban J connectivity index is 3.01. The van der Waals surface area contributed by atoms with E-state index in [1.165, 1.54) is 13.2 Å². The molecular formula is C12H15FO4S. The van der Waals surface area contributed by atoms with Crippen LogP contribution in [0.4, 0.5) is 4.39 Å². The molecule has 0 spiro atoms. The quantitative estimate of drug-likeness (QED) is 0.743. The number of halogens is 1. The fourth-order valence-electron chi connectivity index (χ4n) is 1.56. The Morgan fingerprint density at radius 2 is 2.06 bits per heavy atom.